The molecule has 0 bridgehead atoms. The molecule has 3 heterocycles. The van der Waals surface area contributed by atoms with Crippen LogP contribution in [0, 0.1) is 0 Å². The van der Waals surface area contributed by atoms with E-state index in [1.54, 1.807) is 54.7 Å². The van der Waals surface area contributed by atoms with Gasteiger partial charge < -0.3 is 10.6 Å². The molecule has 1 aliphatic rings. The van der Waals surface area contributed by atoms with Gasteiger partial charge in [0.2, 0.25) is 0 Å². The molecule has 2 unspecified atom stereocenters. The number of hydrogen-bond donors (Lipinski definition) is 2. The number of carbonyl (C=O) groups is 1. The van der Waals surface area contributed by atoms with Gasteiger partial charge in [0.15, 0.2) is 6.04 Å². The fourth-order valence-corrected chi connectivity index (χ4v) is 3.40. The molecule has 0 fully saturated rings. The molecule has 0 radical (unpaired) electrons. The lowest BCUT2D eigenvalue weighted by Crippen LogP contribution is -2.36. The zero-order valence-electron chi connectivity index (χ0n) is 15.2. The van der Waals surface area contributed by atoms with Crippen LogP contribution in [-0.4, -0.2) is 26.8 Å². The Bertz CT molecular complexity index is 988. The molecule has 1 aromatic carbocycles. The number of amides is 1. The minimum atomic E-state index is -4.49. The minimum absolute atomic E-state index is 0.0611. The maximum atomic E-state index is 13.7. The summed E-state index contributed by atoms with van der Waals surface area (Å²) in [5.74, 6) is -0.454. The van der Waals surface area contributed by atoms with Crippen molar-refractivity contribution >= 4 is 11.7 Å². The Morgan fingerprint density at radius 2 is 1.93 bits per heavy atom. The Kier molecular flexibility index (Phi) is 4.96. The van der Waals surface area contributed by atoms with Crippen molar-refractivity contribution in [1.29, 1.82) is 0 Å². The number of pyridine rings is 1. The molecule has 150 valence electrons. The molecule has 2 aromatic heterocycles. The standard InChI is InChI=1S/C20H18F3N5O/c21-20(22,23)17-10-16(13-6-2-1-3-7-13)27-18-15(12-26-28(17)18)19(29)25-11-14-8-4-5-9-24-14/h1-9,12,16-17,27H,10-11H2,(H,25,29). The highest BCUT2D eigenvalue weighted by Gasteiger charge is 2.47. The van der Waals surface area contributed by atoms with E-state index in [1.165, 1.54) is 6.20 Å². The van der Waals surface area contributed by atoms with E-state index in [4.69, 9.17) is 0 Å². The molecule has 29 heavy (non-hydrogen) atoms. The van der Waals surface area contributed by atoms with E-state index >= 15 is 0 Å². The van der Waals surface area contributed by atoms with Crippen LogP contribution in [0.4, 0.5) is 19.0 Å². The summed E-state index contributed by atoms with van der Waals surface area (Å²) in [6.07, 6.45) is -1.93. The number of rotatable bonds is 4. The second-order valence-corrected chi connectivity index (χ2v) is 6.76. The highest BCUT2D eigenvalue weighted by Crippen LogP contribution is 2.44. The molecular formula is C20H18F3N5O. The number of nitrogens with zero attached hydrogens (tertiary/aromatic N) is 3. The van der Waals surface area contributed by atoms with E-state index < -0.39 is 24.2 Å². The van der Waals surface area contributed by atoms with Crippen LogP contribution in [0.15, 0.2) is 60.9 Å². The second kappa shape index (κ2) is 7.57. The van der Waals surface area contributed by atoms with Gasteiger partial charge in [0.05, 0.1) is 24.5 Å². The second-order valence-electron chi connectivity index (χ2n) is 6.76. The topological polar surface area (TPSA) is 71.8 Å². The number of fused-ring (bicyclic) bond motifs is 1. The van der Waals surface area contributed by atoms with E-state index in [-0.39, 0.29) is 24.3 Å². The van der Waals surface area contributed by atoms with Gasteiger partial charge in [-0.05, 0) is 17.7 Å². The molecule has 9 heteroatoms. The van der Waals surface area contributed by atoms with Crippen molar-refractivity contribution in [2.75, 3.05) is 5.32 Å². The fourth-order valence-electron chi connectivity index (χ4n) is 3.40. The summed E-state index contributed by atoms with van der Waals surface area (Å²) < 4.78 is 41.9. The van der Waals surface area contributed by atoms with E-state index in [2.05, 4.69) is 20.7 Å². The number of halogens is 3. The van der Waals surface area contributed by atoms with Crippen molar-refractivity contribution in [3.05, 3.63) is 77.7 Å². The Balaban J connectivity index is 1.62. The predicted octanol–water partition coefficient (Wildman–Crippen LogP) is 3.87. The van der Waals surface area contributed by atoms with Crippen molar-refractivity contribution in [1.82, 2.24) is 20.1 Å². The highest BCUT2D eigenvalue weighted by molar-refractivity contribution is 5.98. The molecule has 2 atom stereocenters. The summed E-state index contributed by atoms with van der Waals surface area (Å²) >= 11 is 0. The maximum absolute atomic E-state index is 13.7. The Labute approximate surface area is 164 Å². The van der Waals surface area contributed by atoms with Gasteiger partial charge in [-0.2, -0.15) is 18.3 Å². The van der Waals surface area contributed by atoms with Crippen molar-refractivity contribution in [2.45, 2.75) is 31.2 Å². The molecule has 1 amide bonds. The van der Waals surface area contributed by atoms with E-state index in [1.807, 2.05) is 0 Å². The van der Waals surface area contributed by atoms with Gasteiger partial charge in [0, 0.05) is 12.6 Å². The third-order valence-corrected chi connectivity index (χ3v) is 4.84. The Morgan fingerprint density at radius 1 is 1.17 bits per heavy atom. The third-order valence-electron chi connectivity index (χ3n) is 4.84. The van der Waals surface area contributed by atoms with Crippen molar-refractivity contribution in [3.63, 3.8) is 0 Å². The van der Waals surface area contributed by atoms with Gasteiger partial charge in [-0.3, -0.25) is 9.78 Å². The molecule has 0 saturated carbocycles. The average molecular weight is 401 g/mol. The van der Waals surface area contributed by atoms with Gasteiger partial charge in [-0.1, -0.05) is 36.4 Å². The summed E-state index contributed by atoms with van der Waals surface area (Å²) in [7, 11) is 0. The van der Waals surface area contributed by atoms with Gasteiger partial charge in [-0.25, -0.2) is 4.68 Å². The van der Waals surface area contributed by atoms with E-state index in [0.717, 1.165) is 4.68 Å². The number of benzene rings is 1. The number of hydrogen-bond acceptors (Lipinski definition) is 4. The first kappa shape index (κ1) is 19.0. The predicted molar refractivity (Wildman–Crippen MR) is 100 cm³/mol. The lowest BCUT2D eigenvalue weighted by molar-refractivity contribution is -0.173. The van der Waals surface area contributed by atoms with Gasteiger partial charge in [-0.15, -0.1) is 0 Å². The number of aromatic nitrogens is 3. The molecule has 0 spiro atoms. The third kappa shape index (κ3) is 3.94. The molecular weight excluding hydrogens is 383 g/mol. The van der Waals surface area contributed by atoms with Crippen LogP contribution in [0.2, 0.25) is 0 Å². The summed E-state index contributed by atoms with van der Waals surface area (Å²) in [5, 5.41) is 9.62. The minimum Gasteiger partial charge on any atom is -0.363 e. The zero-order valence-corrected chi connectivity index (χ0v) is 15.2. The first-order valence-corrected chi connectivity index (χ1v) is 9.07. The molecule has 0 saturated heterocycles. The summed E-state index contributed by atoms with van der Waals surface area (Å²) in [4.78, 5) is 16.8. The molecule has 0 aliphatic carbocycles. The normalized spacial score (nSPS) is 18.6. The van der Waals surface area contributed by atoms with Crippen molar-refractivity contribution in [3.8, 4) is 0 Å². The SMILES string of the molecule is O=C(NCc1ccccn1)c1cnn2c1NC(c1ccccc1)CC2C(F)(F)F. The molecule has 2 N–H and O–H groups in total. The van der Waals surface area contributed by atoms with Gasteiger partial charge in [0.25, 0.3) is 5.91 Å². The van der Waals surface area contributed by atoms with Crippen LogP contribution in [0.3, 0.4) is 0 Å². The van der Waals surface area contributed by atoms with Crippen LogP contribution in [0.25, 0.3) is 0 Å². The first-order chi connectivity index (χ1) is 13.9. The summed E-state index contributed by atoms with van der Waals surface area (Å²) in [6.45, 7) is 0.162. The lowest BCUT2D eigenvalue weighted by atomic mass is 9.96. The smallest absolute Gasteiger partial charge is 0.363 e. The number of alkyl halides is 3. The van der Waals surface area contributed by atoms with Gasteiger partial charge in [0.1, 0.15) is 11.4 Å². The Morgan fingerprint density at radius 3 is 2.62 bits per heavy atom. The number of anilines is 1. The summed E-state index contributed by atoms with van der Waals surface area (Å²) in [6, 6.07) is 11.7. The van der Waals surface area contributed by atoms with Crippen LogP contribution in [0.1, 0.15) is 40.1 Å². The number of carbonyl (C=O) groups excluding carboxylic acids is 1. The van der Waals surface area contributed by atoms with Crippen LogP contribution in [-0.2, 0) is 6.54 Å². The van der Waals surface area contributed by atoms with Gasteiger partial charge >= 0.3 is 6.18 Å². The molecule has 1 aliphatic heterocycles. The van der Waals surface area contributed by atoms with Crippen molar-refractivity contribution in [2.24, 2.45) is 0 Å². The Hall–Kier alpha value is -3.36. The van der Waals surface area contributed by atoms with Crippen LogP contribution in [0.5, 0.6) is 0 Å². The number of nitrogens with one attached hydrogen (secondary N) is 2. The lowest BCUT2D eigenvalue weighted by Gasteiger charge is -2.34. The van der Waals surface area contributed by atoms with Crippen LogP contribution < -0.4 is 10.6 Å². The maximum Gasteiger partial charge on any atom is 0.410 e. The average Bonchev–Trinajstić information content (AvgIpc) is 3.16. The van der Waals surface area contributed by atoms with Crippen molar-refractivity contribution < 1.29 is 18.0 Å². The quantitative estimate of drug-likeness (QED) is 0.696. The van der Waals surface area contributed by atoms with Crippen LogP contribution >= 0.6 is 0 Å². The summed E-state index contributed by atoms with van der Waals surface area (Å²) in [5.41, 5.74) is 1.43. The van der Waals surface area contributed by atoms with E-state index in [0.29, 0.717) is 11.3 Å². The van der Waals surface area contributed by atoms with E-state index in [9.17, 15) is 18.0 Å². The largest absolute Gasteiger partial charge is 0.410 e. The fraction of sp³-hybridized carbons (Fsp3) is 0.250. The molecule has 6 nitrogen and oxygen atoms in total. The zero-order chi connectivity index (χ0) is 20.4. The molecule has 4 rings (SSSR count). The molecule has 3 aromatic rings. The first-order valence-electron chi connectivity index (χ1n) is 9.07. The monoisotopic (exact) mass is 401 g/mol. The highest BCUT2D eigenvalue weighted by atomic mass is 19.4.